The van der Waals surface area contributed by atoms with Crippen LogP contribution in [0.3, 0.4) is 0 Å². The molecule has 1 aromatic carbocycles. The van der Waals surface area contributed by atoms with Crippen LogP contribution in [0.15, 0.2) is 63.5 Å². The predicted octanol–water partition coefficient (Wildman–Crippen LogP) is 5.21. The number of allylic oxidation sites excluding steroid dienone is 1. The molecule has 0 spiro atoms. The van der Waals surface area contributed by atoms with Crippen LogP contribution in [-0.4, -0.2) is 14.7 Å². The maximum absolute atomic E-state index is 13.0. The standard InChI is InChI=1S/C21H19N3O2S2/c1-4-10-24-20(25)18-13(2)14(3)28-19(18)22-21(24)27-12-16-11-17(26-23-16)15-8-6-5-7-9-15/h4-9,11H,1,10,12H2,2-3H3. The summed E-state index contributed by atoms with van der Waals surface area (Å²) in [7, 11) is 0. The lowest BCUT2D eigenvalue weighted by Crippen LogP contribution is -2.22. The molecule has 0 aliphatic carbocycles. The highest BCUT2D eigenvalue weighted by molar-refractivity contribution is 7.98. The fourth-order valence-electron chi connectivity index (χ4n) is 2.97. The van der Waals surface area contributed by atoms with Gasteiger partial charge < -0.3 is 4.52 Å². The van der Waals surface area contributed by atoms with Gasteiger partial charge in [-0.2, -0.15) is 0 Å². The highest BCUT2D eigenvalue weighted by Gasteiger charge is 2.17. The molecule has 0 amide bonds. The van der Waals surface area contributed by atoms with Gasteiger partial charge in [-0.25, -0.2) is 4.98 Å². The molecule has 7 heteroatoms. The van der Waals surface area contributed by atoms with Crippen molar-refractivity contribution in [2.24, 2.45) is 0 Å². The largest absolute Gasteiger partial charge is 0.356 e. The molecule has 0 bridgehead atoms. The van der Waals surface area contributed by atoms with Gasteiger partial charge in [0.15, 0.2) is 10.9 Å². The second kappa shape index (κ2) is 7.77. The van der Waals surface area contributed by atoms with Crippen molar-refractivity contribution >= 4 is 33.3 Å². The van der Waals surface area contributed by atoms with Gasteiger partial charge in [0, 0.05) is 28.8 Å². The third kappa shape index (κ3) is 3.43. The third-order valence-corrected chi connectivity index (χ3v) is 6.64. The number of hydrogen-bond acceptors (Lipinski definition) is 6. The van der Waals surface area contributed by atoms with Crippen LogP contribution in [0.25, 0.3) is 21.5 Å². The number of rotatable bonds is 6. The van der Waals surface area contributed by atoms with Crippen LogP contribution < -0.4 is 5.56 Å². The van der Waals surface area contributed by atoms with E-state index in [4.69, 9.17) is 9.51 Å². The first kappa shape index (κ1) is 18.7. The third-order valence-electron chi connectivity index (χ3n) is 4.53. The summed E-state index contributed by atoms with van der Waals surface area (Å²) in [5.41, 5.74) is 2.79. The molecule has 4 rings (SSSR count). The fourth-order valence-corrected chi connectivity index (χ4v) is 4.93. The molecule has 3 heterocycles. The summed E-state index contributed by atoms with van der Waals surface area (Å²) in [6, 6.07) is 11.8. The van der Waals surface area contributed by atoms with Crippen molar-refractivity contribution in [2.75, 3.05) is 0 Å². The Balaban J connectivity index is 1.64. The lowest BCUT2D eigenvalue weighted by molar-refractivity contribution is 0.426. The van der Waals surface area contributed by atoms with Crippen molar-refractivity contribution < 1.29 is 4.52 Å². The summed E-state index contributed by atoms with van der Waals surface area (Å²) in [4.78, 5) is 19.7. The van der Waals surface area contributed by atoms with Crippen molar-refractivity contribution in [3.8, 4) is 11.3 Å². The van der Waals surface area contributed by atoms with E-state index in [9.17, 15) is 4.79 Å². The molecular weight excluding hydrogens is 390 g/mol. The predicted molar refractivity (Wildman–Crippen MR) is 115 cm³/mol. The normalized spacial score (nSPS) is 11.2. The summed E-state index contributed by atoms with van der Waals surface area (Å²) in [6.45, 7) is 8.20. The monoisotopic (exact) mass is 409 g/mol. The maximum atomic E-state index is 13.0. The van der Waals surface area contributed by atoms with Gasteiger partial charge in [-0.15, -0.1) is 17.9 Å². The van der Waals surface area contributed by atoms with Gasteiger partial charge in [-0.3, -0.25) is 9.36 Å². The lowest BCUT2D eigenvalue weighted by atomic mass is 10.2. The molecular formula is C21H19N3O2S2. The lowest BCUT2D eigenvalue weighted by Gasteiger charge is -2.09. The van der Waals surface area contributed by atoms with Crippen molar-refractivity contribution in [3.05, 3.63) is 75.5 Å². The molecule has 0 radical (unpaired) electrons. The molecule has 142 valence electrons. The van der Waals surface area contributed by atoms with Gasteiger partial charge in [-0.1, -0.05) is 53.3 Å². The van der Waals surface area contributed by atoms with Gasteiger partial charge in [0.25, 0.3) is 5.56 Å². The van der Waals surface area contributed by atoms with E-state index in [1.807, 2.05) is 50.2 Å². The van der Waals surface area contributed by atoms with Crippen molar-refractivity contribution in [1.82, 2.24) is 14.7 Å². The Kier molecular flexibility index (Phi) is 5.19. The number of aromatic nitrogens is 3. The first-order chi connectivity index (χ1) is 13.6. The minimum Gasteiger partial charge on any atom is -0.356 e. The zero-order valence-corrected chi connectivity index (χ0v) is 17.3. The number of hydrogen-bond donors (Lipinski definition) is 0. The molecule has 0 aliphatic heterocycles. The quantitative estimate of drug-likeness (QED) is 0.249. The highest BCUT2D eigenvalue weighted by atomic mass is 32.2. The van der Waals surface area contributed by atoms with E-state index in [0.29, 0.717) is 22.8 Å². The molecule has 5 nitrogen and oxygen atoms in total. The van der Waals surface area contributed by atoms with E-state index in [-0.39, 0.29) is 5.56 Å². The van der Waals surface area contributed by atoms with Crippen LogP contribution in [0.2, 0.25) is 0 Å². The molecule has 3 aromatic heterocycles. The minimum absolute atomic E-state index is 0.0145. The molecule has 0 fully saturated rings. The molecule has 4 aromatic rings. The Hall–Kier alpha value is -2.64. The first-order valence-electron chi connectivity index (χ1n) is 8.83. The Bertz CT molecular complexity index is 1210. The van der Waals surface area contributed by atoms with E-state index in [0.717, 1.165) is 32.3 Å². The Labute approximate surface area is 170 Å². The second-order valence-electron chi connectivity index (χ2n) is 6.40. The van der Waals surface area contributed by atoms with Gasteiger partial charge in [0.2, 0.25) is 0 Å². The van der Waals surface area contributed by atoms with Gasteiger partial charge in [0.05, 0.1) is 11.1 Å². The Morgan fingerprint density at radius 1 is 1.29 bits per heavy atom. The van der Waals surface area contributed by atoms with Crippen molar-refractivity contribution in [2.45, 2.75) is 31.3 Å². The number of aryl methyl sites for hydroxylation is 2. The zero-order valence-electron chi connectivity index (χ0n) is 15.6. The molecule has 0 saturated carbocycles. The van der Waals surface area contributed by atoms with Crippen LogP contribution >= 0.6 is 23.1 Å². The topological polar surface area (TPSA) is 60.9 Å². The summed E-state index contributed by atoms with van der Waals surface area (Å²) in [5.74, 6) is 1.29. The fraction of sp³-hybridized carbons (Fsp3) is 0.190. The van der Waals surface area contributed by atoms with Crippen LogP contribution in [0.1, 0.15) is 16.1 Å². The minimum atomic E-state index is -0.0145. The molecule has 0 N–H and O–H groups in total. The average Bonchev–Trinajstić information content (AvgIpc) is 3.28. The smallest absolute Gasteiger partial charge is 0.263 e. The van der Waals surface area contributed by atoms with Crippen LogP contribution in [0, 0.1) is 13.8 Å². The molecule has 0 aliphatic rings. The number of fused-ring (bicyclic) bond motifs is 1. The Morgan fingerprint density at radius 3 is 2.82 bits per heavy atom. The van der Waals surface area contributed by atoms with E-state index in [1.54, 1.807) is 22.0 Å². The van der Waals surface area contributed by atoms with E-state index >= 15 is 0 Å². The van der Waals surface area contributed by atoms with Crippen LogP contribution in [-0.2, 0) is 12.3 Å². The van der Waals surface area contributed by atoms with Crippen LogP contribution in [0.4, 0.5) is 0 Å². The zero-order chi connectivity index (χ0) is 19.7. The number of thiophene rings is 1. The highest BCUT2D eigenvalue weighted by Crippen LogP contribution is 2.30. The SMILES string of the molecule is C=CCn1c(SCc2cc(-c3ccccc3)on2)nc2sc(C)c(C)c2c1=O. The summed E-state index contributed by atoms with van der Waals surface area (Å²) >= 11 is 3.04. The molecule has 0 atom stereocenters. The van der Waals surface area contributed by atoms with E-state index < -0.39 is 0 Å². The van der Waals surface area contributed by atoms with E-state index in [1.165, 1.54) is 11.8 Å². The van der Waals surface area contributed by atoms with Crippen LogP contribution in [0.5, 0.6) is 0 Å². The van der Waals surface area contributed by atoms with Gasteiger partial charge in [-0.05, 0) is 19.4 Å². The Morgan fingerprint density at radius 2 is 2.07 bits per heavy atom. The number of nitrogens with zero attached hydrogens (tertiary/aromatic N) is 3. The number of thioether (sulfide) groups is 1. The maximum Gasteiger partial charge on any atom is 0.263 e. The molecule has 28 heavy (non-hydrogen) atoms. The van der Waals surface area contributed by atoms with Gasteiger partial charge in [0.1, 0.15) is 4.83 Å². The van der Waals surface area contributed by atoms with Crippen molar-refractivity contribution in [1.29, 1.82) is 0 Å². The summed E-state index contributed by atoms with van der Waals surface area (Å²) in [6.07, 6.45) is 1.72. The second-order valence-corrected chi connectivity index (χ2v) is 8.55. The molecule has 0 unspecified atom stereocenters. The van der Waals surface area contributed by atoms with Gasteiger partial charge >= 0.3 is 0 Å². The van der Waals surface area contributed by atoms with Crippen molar-refractivity contribution in [3.63, 3.8) is 0 Å². The summed E-state index contributed by atoms with van der Waals surface area (Å²) in [5, 5.41) is 5.54. The number of benzene rings is 1. The summed E-state index contributed by atoms with van der Waals surface area (Å²) < 4.78 is 7.14. The van der Waals surface area contributed by atoms with E-state index in [2.05, 4.69) is 11.7 Å². The first-order valence-corrected chi connectivity index (χ1v) is 10.6. The molecule has 0 saturated heterocycles. The average molecular weight is 410 g/mol.